The molecule has 0 saturated heterocycles. The molecule has 0 saturated carbocycles. The second-order valence-electron chi connectivity index (χ2n) is 6.21. The van der Waals surface area contributed by atoms with E-state index in [1.54, 1.807) is 45.9 Å². The summed E-state index contributed by atoms with van der Waals surface area (Å²) in [5.41, 5.74) is 2.74. The summed E-state index contributed by atoms with van der Waals surface area (Å²) in [6.07, 6.45) is 0. The third kappa shape index (κ3) is 2.59. The van der Waals surface area contributed by atoms with Crippen molar-refractivity contribution in [2.45, 2.75) is 33.6 Å². The van der Waals surface area contributed by atoms with Crippen molar-refractivity contribution in [2.75, 3.05) is 0 Å². The van der Waals surface area contributed by atoms with E-state index in [1.165, 1.54) is 0 Å². The topological polar surface area (TPSA) is 97.5 Å². The maximum atomic E-state index is 12.6. The van der Waals surface area contributed by atoms with E-state index in [-0.39, 0.29) is 23.0 Å². The maximum absolute atomic E-state index is 12.6. The molecule has 0 aliphatic heterocycles. The van der Waals surface area contributed by atoms with Crippen LogP contribution in [0.25, 0.3) is 16.7 Å². The molecule has 3 rings (SSSR count). The van der Waals surface area contributed by atoms with E-state index in [0.717, 1.165) is 0 Å². The van der Waals surface area contributed by atoms with Crippen LogP contribution in [0.2, 0.25) is 0 Å². The average molecular weight is 339 g/mol. The van der Waals surface area contributed by atoms with Crippen LogP contribution in [-0.2, 0) is 14.4 Å². The third-order valence-electron chi connectivity index (χ3n) is 4.68. The first-order valence-corrected chi connectivity index (χ1v) is 7.83. The van der Waals surface area contributed by atoms with Gasteiger partial charge in [-0.05, 0) is 45.4 Å². The molecule has 0 spiro atoms. The van der Waals surface area contributed by atoms with Crippen molar-refractivity contribution < 1.29 is 23.9 Å². The predicted octanol–water partition coefficient (Wildman–Crippen LogP) is 3.28. The molecule has 1 aliphatic rings. The minimum Gasteiger partial charge on any atom is -0.481 e. The highest BCUT2D eigenvalue weighted by Gasteiger charge is 2.31. The Balaban J connectivity index is 2.13. The number of hydrogen-bond donors (Lipinski definition) is 1. The number of hydrogen-bond acceptors (Lipinski definition) is 5. The molecule has 1 aliphatic carbocycles. The van der Waals surface area contributed by atoms with Gasteiger partial charge in [-0.1, -0.05) is 6.07 Å². The summed E-state index contributed by atoms with van der Waals surface area (Å²) in [4.78, 5) is 40.3. The molecule has 1 N–H and O–H groups in total. The van der Waals surface area contributed by atoms with Crippen molar-refractivity contribution in [3.05, 3.63) is 46.4 Å². The third-order valence-corrected chi connectivity index (χ3v) is 4.68. The molecule has 0 amide bonds. The van der Waals surface area contributed by atoms with Crippen LogP contribution in [0.1, 0.15) is 45.1 Å². The van der Waals surface area contributed by atoms with Crippen molar-refractivity contribution in [3.63, 3.8) is 0 Å². The highest BCUT2D eigenvalue weighted by atomic mass is 16.4. The molecule has 0 bridgehead atoms. The quantitative estimate of drug-likeness (QED) is 0.862. The normalized spacial score (nSPS) is 16.8. The van der Waals surface area contributed by atoms with Crippen molar-refractivity contribution in [1.29, 1.82) is 0 Å². The SMILES string of the molecule is CC1=C(C)C(=O)C(c2nc3ccc(C(C)C(=O)O)cc3o2)=C(C)C1=O. The number of carbonyl (C=O) groups is 3. The van der Waals surface area contributed by atoms with E-state index >= 15 is 0 Å². The van der Waals surface area contributed by atoms with Crippen LogP contribution in [-0.4, -0.2) is 27.6 Å². The highest BCUT2D eigenvalue weighted by molar-refractivity contribution is 6.38. The zero-order valence-corrected chi connectivity index (χ0v) is 14.3. The van der Waals surface area contributed by atoms with E-state index < -0.39 is 11.9 Å². The monoisotopic (exact) mass is 339 g/mol. The standard InChI is InChI=1S/C19H17NO5/c1-8-9(2)17(22)15(11(4)16(8)21)18-20-13-6-5-12(7-14(13)25-18)10(3)19(23)24/h5-7,10H,1-4H3,(H,23,24). The predicted molar refractivity (Wildman–Crippen MR) is 91.0 cm³/mol. The summed E-state index contributed by atoms with van der Waals surface area (Å²) >= 11 is 0. The number of Topliss-reactive ketones (excluding diaryl/α,β-unsaturated/α-hetero) is 2. The summed E-state index contributed by atoms with van der Waals surface area (Å²) in [5, 5.41) is 9.13. The Labute approximate surface area is 143 Å². The van der Waals surface area contributed by atoms with Crippen LogP contribution < -0.4 is 0 Å². The van der Waals surface area contributed by atoms with Crippen molar-refractivity contribution >= 4 is 34.2 Å². The Morgan fingerprint density at radius 1 is 1.08 bits per heavy atom. The number of benzene rings is 1. The number of nitrogens with zero attached hydrogens (tertiary/aromatic N) is 1. The summed E-state index contributed by atoms with van der Waals surface area (Å²) in [7, 11) is 0. The van der Waals surface area contributed by atoms with E-state index in [1.807, 2.05) is 0 Å². The molecule has 25 heavy (non-hydrogen) atoms. The van der Waals surface area contributed by atoms with Gasteiger partial charge in [-0.15, -0.1) is 0 Å². The van der Waals surface area contributed by atoms with Crippen molar-refractivity contribution in [3.8, 4) is 0 Å². The summed E-state index contributed by atoms with van der Waals surface area (Å²) < 4.78 is 5.69. The van der Waals surface area contributed by atoms with Crippen LogP contribution in [0.3, 0.4) is 0 Å². The number of carbonyl (C=O) groups excluding carboxylic acids is 2. The van der Waals surface area contributed by atoms with Gasteiger partial charge in [0, 0.05) is 16.7 Å². The van der Waals surface area contributed by atoms with Gasteiger partial charge in [0.1, 0.15) is 5.52 Å². The molecule has 2 aromatic rings. The van der Waals surface area contributed by atoms with Crippen LogP contribution in [0, 0.1) is 0 Å². The highest BCUT2D eigenvalue weighted by Crippen LogP contribution is 2.32. The molecule has 1 aromatic carbocycles. The van der Waals surface area contributed by atoms with Gasteiger partial charge in [-0.3, -0.25) is 14.4 Å². The lowest BCUT2D eigenvalue weighted by molar-refractivity contribution is -0.138. The Hall–Kier alpha value is -3.02. The van der Waals surface area contributed by atoms with Gasteiger partial charge in [0.25, 0.3) is 0 Å². The minimum absolute atomic E-state index is 0.0813. The number of aromatic nitrogens is 1. The number of oxazole rings is 1. The summed E-state index contributed by atoms with van der Waals surface area (Å²) in [5.74, 6) is -2.03. The van der Waals surface area contributed by atoms with Gasteiger partial charge in [-0.25, -0.2) is 4.98 Å². The van der Waals surface area contributed by atoms with Gasteiger partial charge in [0.15, 0.2) is 17.1 Å². The maximum Gasteiger partial charge on any atom is 0.310 e. The van der Waals surface area contributed by atoms with Crippen LogP contribution in [0.5, 0.6) is 0 Å². The summed E-state index contributed by atoms with van der Waals surface area (Å²) in [6.45, 7) is 6.39. The molecule has 1 atom stereocenters. The number of allylic oxidation sites excluding steroid dienone is 4. The van der Waals surface area contributed by atoms with Gasteiger partial charge >= 0.3 is 5.97 Å². The molecule has 6 heteroatoms. The second-order valence-corrected chi connectivity index (χ2v) is 6.21. The lowest BCUT2D eigenvalue weighted by atomic mass is 9.86. The first-order chi connectivity index (χ1) is 11.7. The van der Waals surface area contributed by atoms with Gasteiger partial charge in [0.05, 0.1) is 11.5 Å². The zero-order valence-electron chi connectivity index (χ0n) is 14.3. The van der Waals surface area contributed by atoms with Crippen LogP contribution in [0.15, 0.2) is 39.3 Å². The molecule has 0 radical (unpaired) electrons. The fourth-order valence-corrected chi connectivity index (χ4v) is 2.81. The zero-order chi connectivity index (χ0) is 18.5. The van der Waals surface area contributed by atoms with Gasteiger partial charge in [-0.2, -0.15) is 0 Å². The molecule has 0 fully saturated rings. The van der Waals surface area contributed by atoms with E-state index in [4.69, 9.17) is 9.52 Å². The number of ketones is 2. The Bertz CT molecular complexity index is 1010. The first kappa shape index (κ1) is 16.8. The smallest absolute Gasteiger partial charge is 0.310 e. The van der Waals surface area contributed by atoms with Crippen molar-refractivity contribution in [1.82, 2.24) is 4.98 Å². The van der Waals surface area contributed by atoms with Crippen LogP contribution >= 0.6 is 0 Å². The van der Waals surface area contributed by atoms with E-state index in [2.05, 4.69) is 4.98 Å². The molecular weight excluding hydrogens is 322 g/mol. The number of aliphatic carboxylic acids is 1. The molecular formula is C19H17NO5. The van der Waals surface area contributed by atoms with Crippen molar-refractivity contribution in [2.24, 2.45) is 0 Å². The molecule has 1 unspecified atom stereocenters. The first-order valence-electron chi connectivity index (χ1n) is 7.83. The number of fused-ring (bicyclic) bond motifs is 1. The fraction of sp³-hybridized carbons (Fsp3) is 0.263. The lowest BCUT2D eigenvalue weighted by Gasteiger charge is -2.16. The Morgan fingerprint density at radius 3 is 2.36 bits per heavy atom. The molecule has 1 aromatic heterocycles. The average Bonchev–Trinajstić information content (AvgIpc) is 3.00. The number of carboxylic acids is 1. The Kier molecular flexibility index (Phi) is 3.91. The second kappa shape index (κ2) is 5.81. The molecule has 1 heterocycles. The van der Waals surface area contributed by atoms with E-state index in [0.29, 0.717) is 33.4 Å². The molecule has 128 valence electrons. The number of rotatable bonds is 3. The largest absolute Gasteiger partial charge is 0.481 e. The van der Waals surface area contributed by atoms with Gasteiger partial charge in [0.2, 0.25) is 5.89 Å². The lowest BCUT2D eigenvalue weighted by Crippen LogP contribution is -2.19. The minimum atomic E-state index is -0.943. The number of carboxylic acid groups (broad SMARTS) is 1. The fourth-order valence-electron chi connectivity index (χ4n) is 2.81. The molecule has 6 nitrogen and oxygen atoms in total. The van der Waals surface area contributed by atoms with Crippen LogP contribution in [0.4, 0.5) is 0 Å². The summed E-state index contributed by atoms with van der Waals surface area (Å²) in [6, 6.07) is 4.91. The Morgan fingerprint density at radius 2 is 1.72 bits per heavy atom. The van der Waals surface area contributed by atoms with E-state index in [9.17, 15) is 14.4 Å². The van der Waals surface area contributed by atoms with Gasteiger partial charge < -0.3 is 9.52 Å².